The van der Waals surface area contributed by atoms with Gasteiger partial charge in [-0.2, -0.15) is 0 Å². The van der Waals surface area contributed by atoms with Gasteiger partial charge in [0.2, 0.25) is 0 Å². The van der Waals surface area contributed by atoms with Gasteiger partial charge in [0.15, 0.2) is 0 Å². The quantitative estimate of drug-likeness (QED) is 0.843. The third kappa shape index (κ3) is 5.04. The lowest BCUT2D eigenvalue weighted by atomic mass is 10.1. The van der Waals surface area contributed by atoms with Crippen LogP contribution in [0.25, 0.3) is 0 Å². The molecule has 2 aliphatic rings. The summed E-state index contributed by atoms with van der Waals surface area (Å²) >= 11 is 6.14. The van der Waals surface area contributed by atoms with Crippen LogP contribution in [0.5, 0.6) is 0 Å². The summed E-state index contributed by atoms with van der Waals surface area (Å²) in [6, 6.07) is 5.40. The number of amides is 2. The molecule has 0 aliphatic carbocycles. The molecule has 1 atom stereocenters. The fourth-order valence-corrected chi connectivity index (χ4v) is 5.09. The molecular weight excluding hydrogens is 374 g/mol. The molecule has 1 N–H and O–H groups in total. The molecule has 2 aliphatic heterocycles. The summed E-state index contributed by atoms with van der Waals surface area (Å²) in [6.45, 7) is 3.00. The minimum Gasteiger partial charge on any atom is -0.370 e. The number of nitrogens with zero attached hydrogens (tertiary/aromatic N) is 2. The zero-order valence-corrected chi connectivity index (χ0v) is 16.7. The minimum absolute atomic E-state index is 0.0108. The smallest absolute Gasteiger partial charge is 0.321 e. The van der Waals surface area contributed by atoms with Crippen LogP contribution in [0.3, 0.4) is 0 Å². The van der Waals surface area contributed by atoms with Crippen molar-refractivity contribution < 1.29 is 13.2 Å². The fraction of sp³-hybridized carbons (Fsp3) is 0.611. The topological polar surface area (TPSA) is 69.7 Å². The van der Waals surface area contributed by atoms with Crippen molar-refractivity contribution in [2.24, 2.45) is 5.92 Å². The molecule has 1 unspecified atom stereocenters. The van der Waals surface area contributed by atoms with Crippen molar-refractivity contribution >= 4 is 38.8 Å². The number of anilines is 2. The summed E-state index contributed by atoms with van der Waals surface area (Å²) in [5, 5.41) is 3.57. The van der Waals surface area contributed by atoms with Gasteiger partial charge in [0.1, 0.15) is 9.84 Å². The molecule has 0 bridgehead atoms. The minimum atomic E-state index is -3.02. The second-order valence-electron chi connectivity index (χ2n) is 7.33. The highest BCUT2D eigenvalue weighted by Crippen LogP contribution is 2.32. The molecule has 0 radical (unpaired) electrons. The normalized spacial score (nSPS) is 21.1. The number of hydrogen-bond donors (Lipinski definition) is 1. The number of carbonyl (C=O) groups is 1. The van der Waals surface area contributed by atoms with Gasteiger partial charge in [-0.15, -0.1) is 0 Å². The molecule has 0 saturated carbocycles. The monoisotopic (exact) mass is 399 g/mol. The first-order valence-corrected chi connectivity index (χ1v) is 11.5. The van der Waals surface area contributed by atoms with Crippen LogP contribution in [0, 0.1) is 5.92 Å². The summed E-state index contributed by atoms with van der Waals surface area (Å²) in [5.74, 6) is 0.143. The predicted molar refractivity (Wildman–Crippen MR) is 106 cm³/mol. The molecule has 1 aromatic rings. The van der Waals surface area contributed by atoms with Crippen molar-refractivity contribution in [3.8, 4) is 0 Å². The number of sulfone groups is 1. The lowest BCUT2D eigenvalue weighted by Crippen LogP contribution is -2.35. The van der Waals surface area contributed by atoms with Crippen LogP contribution in [0.15, 0.2) is 18.2 Å². The van der Waals surface area contributed by atoms with Crippen LogP contribution < -0.4 is 10.2 Å². The highest BCUT2D eigenvalue weighted by atomic mass is 35.5. The Morgan fingerprint density at radius 1 is 1.23 bits per heavy atom. The zero-order valence-electron chi connectivity index (χ0n) is 15.1. The number of carbonyl (C=O) groups excluding carboxylic acids is 1. The van der Waals surface area contributed by atoms with E-state index in [1.807, 2.05) is 12.1 Å². The summed E-state index contributed by atoms with van der Waals surface area (Å²) in [6.07, 6.45) is 5.49. The Bertz CT molecular complexity index is 763. The molecule has 2 heterocycles. The van der Waals surface area contributed by atoms with Crippen LogP contribution in [0.4, 0.5) is 16.2 Å². The largest absolute Gasteiger partial charge is 0.370 e. The number of urea groups is 1. The number of halogens is 1. The van der Waals surface area contributed by atoms with Gasteiger partial charge in [0, 0.05) is 37.5 Å². The number of rotatable bonds is 4. The van der Waals surface area contributed by atoms with E-state index in [0.29, 0.717) is 18.1 Å². The Labute approximate surface area is 160 Å². The first-order chi connectivity index (χ1) is 12.3. The SMILES string of the molecule is CS(=O)(=O)CC1CCN(C(=O)Nc2cc(Cl)ccc2N2CCCCC2)C1. The van der Waals surface area contributed by atoms with Crippen molar-refractivity contribution in [3.05, 3.63) is 23.2 Å². The molecule has 26 heavy (non-hydrogen) atoms. The second-order valence-corrected chi connectivity index (χ2v) is 9.95. The molecule has 144 valence electrons. The maximum absolute atomic E-state index is 12.7. The number of piperidine rings is 1. The third-order valence-electron chi connectivity index (χ3n) is 5.01. The van der Waals surface area contributed by atoms with E-state index >= 15 is 0 Å². The maximum Gasteiger partial charge on any atom is 0.321 e. The average molecular weight is 400 g/mol. The van der Waals surface area contributed by atoms with Gasteiger partial charge >= 0.3 is 6.03 Å². The van der Waals surface area contributed by atoms with Crippen molar-refractivity contribution in [3.63, 3.8) is 0 Å². The van der Waals surface area contributed by atoms with Crippen LogP contribution >= 0.6 is 11.6 Å². The molecule has 2 amide bonds. The third-order valence-corrected chi connectivity index (χ3v) is 6.32. The molecule has 0 spiro atoms. The van der Waals surface area contributed by atoms with Crippen molar-refractivity contribution in [1.82, 2.24) is 4.90 Å². The average Bonchev–Trinajstić information content (AvgIpc) is 3.02. The van der Waals surface area contributed by atoms with E-state index < -0.39 is 9.84 Å². The maximum atomic E-state index is 12.7. The molecule has 2 fully saturated rings. The van der Waals surface area contributed by atoms with E-state index in [1.165, 1.54) is 12.7 Å². The predicted octanol–water partition coefficient (Wildman–Crippen LogP) is 3.23. The van der Waals surface area contributed by atoms with E-state index in [4.69, 9.17) is 11.6 Å². The van der Waals surface area contributed by atoms with E-state index in [0.717, 1.165) is 43.7 Å². The molecule has 2 saturated heterocycles. The van der Waals surface area contributed by atoms with Gasteiger partial charge in [-0.1, -0.05) is 11.6 Å². The van der Waals surface area contributed by atoms with E-state index in [-0.39, 0.29) is 17.7 Å². The van der Waals surface area contributed by atoms with Crippen LogP contribution in [0.1, 0.15) is 25.7 Å². The highest BCUT2D eigenvalue weighted by Gasteiger charge is 2.29. The van der Waals surface area contributed by atoms with Crippen molar-refractivity contribution in [2.45, 2.75) is 25.7 Å². The van der Waals surface area contributed by atoms with Gasteiger partial charge < -0.3 is 15.1 Å². The van der Waals surface area contributed by atoms with Gasteiger partial charge in [-0.25, -0.2) is 13.2 Å². The molecule has 0 aromatic heterocycles. The Hall–Kier alpha value is -1.47. The Balaban J connectivity index is 1.68. The second kappa shape index (κ2) is 8.05. The molecule has 1 aromatic carbocycles. The standard InChI is InChI=1S/C18H26ClN3O3S/c1-26(24,25)13-14-7-10-22(12-14)18(23)20-16-11-15(19)5-6-17(16)21-8-3-2-4-9-21/h5-6,11,14H,2-4,7-10,12-13H2,1H3,(H,20,23). The summed E-state index contributed by atoms with van der Waals surface area (Å²) in [5.41, 5.74) is 1.71. The Kier molecular flexibility index (Phi) is 5.97. The molecule has 8 heteroatoms. The van der Waals surface area contributed by atoms with E-state index in [9.17, 15) is 13.2 Å². The lowest BCUT2D eigenvalue weighted by Gasteiger charge is -2.31. The molecular formula is C18H26ClN3O3S. The summed E-state index contributed by atoms with van der Waals surface area (Å²) in [7, 11) is -3.02. The van der Waals surface area contributed by atoms with E-state index in [1.54, 1.807) is 11.0 Å². The van der Waals surface area contributed by atoms with Crippen molar-refractivity contribution in [2.75, 3.05) is 48.4 Å². The first kappa shape index (κ1) is 19.3. The van der Waals surface area contributed by atoms with Crippen LogP contribution in [-0.4, -0.2) is 57.5 Å². The van der Waals surface area contributed by atoms with Gasteiger partial charge in [0.25, 0.3) is 0 Å². The Morgan fingerprint density at radius 3 is 2.65 bits per heavy atom. The molecule has 3 rings (SSSR count). The fourth-order valence-electron chi connectivity index (χ4n) is 3.79. The number of likely N-dealkylation sites (tertiary alicyclic amines) is 1. The number of benzene rings is 1. The van der Waals surface area contributed by atoms with Crippen LogP contribution in [0.2, 0.25) is 5.02 Å². The first-order valence-electron chi connectivity index (χ1n) is 9.10. The van der Waals surface area contributed by atoms with Gasteiger partial charge in [0.05, 0.1) is 17.1 Å². The summed E-state index contributed by atoms with van der Waals surface area (Å²) in [4.78, 5) is 16.7. The zero-order chi connectivity index (χ0) is 18.7. The highest BCUT2D eigenvalue weighted by molar-refractivity contribution is 7.90. The number of hydrogen-bond acceptors (Lipinski definition) is 4. The van der Waals surface area contributed by atoms with Gasteiger partial charge in [-0.05, 0) is 49.8 Å². The lowest BCUT2D eigenvalue weighted by molar-refractivity contribution is 0.221. The van der Waals surface area contributed by atoms with Crippen molar-refractivity contribution in [1.29, 1.82) is 0 Å². The summed E-state index contributed by atoms with van der Waals surface area (Å²) < 4.78 is 22.9. The Morgan fingerprint density at radius 2 is 1.96 bits per heavy atom. The van der Waals surface area contributed by atoms with E-state index in [2.05, 4.69) is 10.2 Å². The van der Waals surface area contributed by atoms with Gasteiger partial charge in [-0.3, -0.25) is 0 Å². The number of nitrogens with one attached hydrogen (secondary N) is 1. The molecule has 6 nitrogen and oxygen atoms in total. The van der Waals surface area contributed by atoms with Crippen LogP contribution in [-0.2, 0) is 9.84 Å².